The summed E-state index contributed by atoms with van der Waals surface area (Å²) in [6.45, 7) is 13.8. The van der Waals surface area contributed by atoms with Crippen molar-refractivity contribution in [1.82, 2.24) is 4.90 Å². The molecule has 37 heavy (non-hydrogen) atoms. The van der Waals surface area contributed by atoms with Gasteiger partial charge in [-0.15, -0.1) is 0 Å². The first-order valence-corrected chi connectivity index (χ1v) is 14.2. The number of carbonyl (C=O) groups excluding carboxylic acids is 2. The summed E-state index contributed by atoms with van der Waals surface area (Å²) in [4.78, 5) is 28.1. The molecule has 5 nitrogen and oxygen atoms in total. The highest BCUT2D eigenvalue weighted by Crippen LogP contribution is 2.75. The van der Waals surface area contributed by atoms with Crippen molar-refractivity contribution in [1.29, 1.82) is 0 Å². The number of carbonyl (C=O) groups is 2. The zero-order chi connectivity index (χ0) is 27.4. The number of ketones is 1. The molecule has 0 heterocycles. The Kier molecular flexibility index (Phi) is 5.74. The van der Waals surface area contributed by atoms with Gasteiger partial charge in [-0.05, 0) is 91.3 Å². The van der Waals surface area contributed by atoms with Gasteiger partial charge in [0, 0.05) is 32.0 Å². The Morgan fingerprint density at radius 1 is 0.946 bits per heavy atom. The maximum atomic E-state index is 13.4. The topological polar surface area (TPSA) is 66.8 Å². The van der Waals surface area contributed by atoms with Crippen LogP contribution in [0.3, 0.4) is 0 Å². The molecular formula is C32H47NO4. The Hall–Kier alpha value is -1.72. The molecule has 204 valence electrons. The van der Waals surface area contributed by atoms with Crippen LogP contribution in [-0.2, 0) is 14.3 Å². The lowest BCUT2D eigenvalue weighted by molar-refractivity contribution is -0.173. The van der Waals surface area contributed by atoms with E-state index >= 15 is 0 Å². The molecule has 5 aliphatic carbocycles. The van der Waals surface area contributed by atoms with E-state index in [2.05, 4.69) is 46.8 Å². The van der Waals surface area contributed by atoms with Gasteiger partial charge in [0.1, 0.15) is 11.7 Å². The lowest BCUT2D eigenvalue weighted by Crippen LogP contribution is -2.63. The van der Waals surface area contributed by atoms with Gasteiger partial charge in [0.15, 0.2) is 5.78 Å². The molecule has 0 aromatic carbocycles. The summed E-state index contributed by atoms with van der Waals surface area (Å²) in [5, 5.41) is 10.8. The zero-order valence-corrected chi connectivity index (χ0v) is 24.5. The lowest BCUT2D eigenvalue weighted by Gasteiger charge is -2.70. The van der Waals surface area contributed by atoms with E-state index in [1.807, 2.05) is 21.0 Å². The Morgan fingerprint density at radius 3 is 2.22 bits per heavy atom. The fourth-order valence-electron chi connectivity index (χ4n) is 9.65. The number of hydrogen-bond acceptors (Lipinski definition) is 4. The van der Waals surface area contributed by atoms with Gasteiger partial charge < -0.3 is 14.7 Å². The number of aliphatic hydroxyl groups is 1. The second-order valence-corrected chi connectivity index (χ2v) is 14.6. The van der Waals surface area contributed by atoms with Gasteiger partial charge in [0.2, 0.25) is 5.91 Å². The van der Waals surface area contributed by atoms with Gasteiger partial charge in [0.05, 0.1) is 0 Å². The monoisotopic (exact) mass is 509 g/mol. The number of ether oxygens (including phenoxy) is 1. The Labute approximate surface area is 223 Å². The fourth-order valence-corrected chi connectivity index (χ4v) is 9.65. The van der Waals surface area contributed by atoms with Crippen LogP contribution in [0.5, 0.6) is 0 Å². The van der Waals surface area contributed by atoms with E-state index in [0.717, 1.165) is 56.1 Å². The van der Waals surface area contributed by atoms with Crippen molar-refractivity contribution in [3.63, 3.8) is 0 Å². The number of amides is 1. The second-order valence-electron chi connectivity index (χ2n) is 14.6. The van der Waals surface area contributed by atoms with Crippen LogP contribution < -0.4 is 0 Å². The van der Waals surface area contributed by atoms with Gasteiger partial charge in [-0.2, -0.15) is 0 Å². The van der Waals surface area contributed by atoms with Crippen LogP contribution in [0.4, 0.5) is 0 Å². The smallest absolute Gasteiger partial charge is 0.227 e. The molecule has 3 fully saturated rings. The molecular weight excluding hydrogens is 462 g/mol. The Balaban J connectivity index is 1.63. The maximum Gasteiger partial charge on any atom is 0.227 e. The molecule has 0 radical (unpaired) electrons. The first kappa shape index (κ1) is 26.9. The quantitative estimate of drug-likeness (QED) is 0.524. The number of nitrogens with zero attached hydrogens (tertiary/aromatic N) is 1. The summed E-state index contributed by atoms with van der Waals surface area (Å²) in [5.41, 5.74) is 1.97. The van der Waals surface area contributed by atoms with Crippen molar-refractivity contribution < 1.29 is 19.4 Å². The highest BCUT2D eigenvalue weighted by Gasteiger charge is 2.68. The summed E-state index contributed by atoms with van der Waals surface area (Å²) >= 11 is 0. The largest absolute Gasteiger partial charge is 0.382 e. The number of methoxy groups -OCH3 is 1. The molecule has 0 saturated heterocycles. The number of fused-ring (bicyclic) bond motifs is 7. The van der Waals surface area contributed by atoms with Gasteiger partial charge >= 0.3 is 0 Å². The first-order chi connectivity index (χ1) is 17.0. The predicted octanol–water partition coefficient (Wildman–Crippen LogP) is 5.64. The third kappa shape index (κ3) is 3.22. The molecule has 5 aliphatic rings. The fraction of sp³-hybridized carbons (Fsp3) is 0.750. The summed E-state index contributed by atoms with van der Waals surface area (Å²) in [6, 6.07) is 0. The number of aliphatic hydroxyl groups excluding tert-OH is 1. The minimum Gasteiger partial charge on any atom is -0.382 e. The molecule has 0 bridgehead atoms. The molecule has 0 aliphatic heterocycles. The van der Waals surface area contributed by atoms with Crippen LogP contribution in [0, 0.1) is 33.0 Å². The van der Waals surface area contributed by atoms with E-state index in [-0.39, 0.29) is 38.8 Å². The third-order valence-corrected chi connectivity index (χ3v) is 12.6. The molecule has 5 rings (SSSR count). The molecule has 3 saturated carbocycles. The van der Waals surface area contributed by atoms with Crippen molar-refractivity contribution in [3.8, 4) is 0 Å². The van der Waals surface area contributed by atoms with Crippen LogP contribution in [-0.4, -0.2) is 54.6 Å². The van der Waals surface area contributed by atoms with Crippen molar-refractivity contribution in [2.24, 2.45) is 33.0 Å². The van der Waals surface area contributed by atoms with Crippen molar-refractivity contribution in [3.05, 3.63) is 34.9 Å². The number of rotatable bonds is 2. The van der Waals surface area contributed by atoms with Gasteiger partial charge in [-0.25, -0.2) is 0 Å². The van der Waals surface area contributed by atoms with E-state index in [9.17, 15) is 14.7 Å². The number of allylic oxidation sites excluding steroid dienone is 3. The Bertz CT molecular complexity index is 1150. The van der Waals surface area contributed by atoms with E-state index in [1.165, 1.54) is 5.57 Å². The molecule has 1 N–H and O–H groups in total. The van der Waals surface area contributed by atoms with Crippen LogP contribution in [0.25, 0.3) is 0 Å². The van der Waals surface area contributed by atoms with Crippen LogP contribution in [0.1, 0.15) is 86.5 Å². The van der Waals surface area contributed by atoms with Crippen LogP contribution in [0.15, 0.2) is 34.9 Å². The van der Waals surface area contributed by atoms with E-state index in [0.29, 0.717) is 5.92 Å². The second kappa shape index (κ2) is 7.91. The van der Waals surface area contributed by atoms with Crippen LogP contribution >= 0.6 is 0 Å². The summed E-state index contributed by atoms with van der Waals surface area (Å²) < 4.78 is 5.81. The minimum atomic E-state index is -1.19. The predicted molar refractivity (Wildman–Crippen MR) is 146 cm³/mol. The third-order valence-electron chi connectivity index (χ3n) is 12.6. The minimum absolute atomic E-state index is 0.0466. The average Bonchev–Trinajstić information content (AvgIpc) is 2.85. The molecule has 0 aromatic rings. The number of hydrogen-bond donors (Lipinski definition) is 1. The van der Waals surface area contributed by atoms with Gasteiger partial charge in [-0.1, -0.05) is 52.3 Å². The van der Waals surface area contributed by atoms with Gasteiger partial charge in [-0.3, -0.25) is 9.59 Å². The molecule has 0 aromatic heterocycles. The zero-order valence-electron chi connectivity index (χ0n) is 24.5. The van der Waals surface area contributed by atoms with Crippen LogP contribution in [0.2, 0.25) is 0 Å². The SMILES string of the molecule is CO[C@@]1(C)C2=CC=C3[C@@](C)(CC[C@@]4(C)[C@@H]5C[C@](C)(C(=O)N(C)C)CC[C@]5(C)CC[C@]34C)C2=CC(=O)C1O. The van der Waals surface area contributed by atoms with Crippen molar-refractivity contribution in [2.45, 2.75) is 98.2 Å². The summed E-state index contributed by atoms with van der Waals surface area (Å²) in [6.07, 6.45) is 12.2. The van der Waals surface area contributed by atoms with E-state index in [4.69, 9.17) is 4.74 Å². The highest BCUT2D eigenvalue weighted by molar-refractivity contribution is 5.99. The Morgan fingerprint density at radius 2 is 1.59 bits per heavy atom. The van der Waals surface area contributed by atoms with E-state index in [1.54, 1.807) is 18.1 Å². The normalized spacial score (nSPS) is 48.9. The van der Waals surface area contributed by atoms with E-state index < -0.39 is 11.7 Å². The van der Waals surface area contributed by atoms with Gasteiger partial charge in [0.25, 0.3) is 0 Å². The van der Waals surface area contributed by atoms with Crippen molar-refractivity contribution in [2.75, 3.05) is 21.2 Å². The molecule has 1 unspecified atom stereocenters. The molecule has 8 atom stereocenters. The highest BCUT2D eigenvalue weighted by atomic mass is 16.5. The first-order valence-electron chi connectivity index (χ1n) is 14.2. The summed E-state index contributed by atoms with van der Waals surface area (Å²) in [7, 11) is 5.36. The standard InChI is InChI=1S/C32H47NO4/c1-27-12-13-28(2,26(36)33(7)8)19-24(27)31(5)17-15-29(3)21-18-22(34)25(35)32(6,37-9)20(21)10-11-23(29)30(31,4)16-14-27/h10-11,18,24-25,35H,12-17,19H2,1-9H3/t24-,25?,27-,28-,29+,30-,31+,32+/m1/s1. The maximum absolute atomic E-state index is 13.4. The molecule has 5 heteroatoms. The lowest BCUT2D eigenvalue weighted by atomic mass is 9.34. The van der Waals surface area contributed by atoms with Crippen molar-refractivity contribution >= 4 is 11.7 Å². The molecule has 1 amide bonds. The average molecular weight is 510 g/mol. The summed E-state index contributed by atoms with van der Waals surface area (Å²) in [5.74, 6) is 0.447. The molecule has 0 spiro atoms.